The Morgan fingerprint density at radius 1 is 1.05 bits per heavy atom. The van der Waals surface area contributed by atoms with E-state index >= 15 is 0 Å². The van der Waals surface area contributed by atoms with Crippen molar-refractivity contribution in [2.45, 2.75) is 19.8 Å². The molecule has 1 aliphatic rings. The van der Waals surface area contributed by atoms with E-state index in [1.807, 2.05) is 49.4 Å². The molecule has 5 rings (SSSR count). The van der Waals surface area contributed by atoms with E-state index in [1.165, 1.54) is 0 Å². The highest BCUT2D eigenvalue weighted by Crippen LogP contribution is 2.37. The lowest BCUT2D eigenvalue weighted by Gasteiger charge is -2.34. The highest BCUT2D eigenvalue weighted by atomic mass is 16.5. The van der Waals surface area contributed by atoms with E-state index in [0.717, 1.165) is 72.0 Å². The second-order valence-electron chi connectivity index (χ2n) is 9.49. The normalized spacial score (nSPS) is 13.9. The van der Waals surface area contributed by atoms with Crippen LogP contribution in [-0.4, -0.2) is 50.0 Å². The van der Waals surface area contributed by atoms with Crippen molar-refractivity contribution in [3.8, 4) is 23.0 Å². The molecule has 1 saturated heterocycles. The van der Waals surface area contributed by atoms with E-state index in [0.29, 0.717) is 23.0 Å². The molecule has 4 aromatic rings. The van der Waals surface area contributed by atoms with Gasteiger partial charge in [0.15, 0.2) is 17.3 Å². The van der Waals surface area contributed by atoms with Gasteiger partial charge in [-0.1, -0.05) is 0 Å². The molecule has 2 aromatic heterocycles. The van der Waals surface area contributed by atoms with Gasteiger partial charge in [-0.2, -0.15) is 0 Å². The fourth-order valence-corrected chi connectivity index (χ4v) is 4.94. The topological polar surface area (TPSA) is 109 Å². The first-order valence-corrected chi connectivity index (χ1v) is 12.7. The van der Waals surface area contributed by atoms with Gasteiger partial charge in [0.2, 0.25) is 0 Å². The van der Waals surface area contributed by atoms with Crippen LogP contribution in [0.2, 0.25) is 0 Å². The Morgan fingerprint density at radius 2 is 1.76 bits per heavy atom. The van der Waals surface area contributed by atoms with Crippen LogP contribution in [0.5, 0.6) is 11.5 Å². The number of pyridine rings is 1. The predicted molar refractivity (Wildman–Crippen MR) is 146 cm³/mol. The Bertz CT molecular complexity index is 1430. The summed E-state index contributed by atoms with van der Waals surface area (Å²) in [5, 5.41) is 13.5. The van der Waals surface area contributed by atoms with Crippen molar-refractivity contribution in [2.24, 2.45) is 5.92 Å². The minimum absolute atomic E-state index is 0.429. The third kappa shape index (κ3) is 5.24. The van der Waals surface area contributed by atoms with E-state index < -0.39 is 5.91 Å². The van der Waals surface area contributed by atoms with Gasteiger partial charge >= 0.3 is 0 Å². The monoisotopic (exact) mass is 516 g/mol. The van der Waals surface area contributed by atoms with Crippen molar-refractivity contribution >= 4 is 28.2 Å². The number of aromatic nitrogens is 1. The van der Waals surface area contributed by atoms with Crippen LogP contribution in [0, 0.1) is 12.8 Å². The quantitative estimate of drug-likeness (QED) is 0.215. The summed E-state index contributed by atoms with van der Waals surface area (Å²) in [5.74, 6) is 2.83. The molecule has 0 atom stereocenters. The number of piperidine rings is 1. The number of hydrogen-bond donors (Lipinski definition) is 3. The van der Waals surface area contributed by atoms with Gasteiger partial charge in [-0.15, -0.1) is 0 Å². The number of fused-ring (bicyclic) bond motifs is 1. The summed E-state index contributed by atoms with van der Waals surface area (Å²) >= 11 is 0. The first-order chi connectivity index (χ1) is 18.5. The molecule has 1 fully saturated rings. The molecule has 9 heteroatoms. The van der Waals surface area contributed by atoms with Crippen LogP contribution in [0.25, 0.3) is 22.4 Å². The molecule has 0 unspecified atom stereocenters. The molecule has 3 heterocycles. The molecule has 0 radical (unpaired) electrons. The number of furan rings is 1. The van der Waals surface area contributed by atoms with Crippen molar-refractivity contribution in [3.05, 3.63) is 65.9 Å². The summed E-state index contributed by atoms with van der Waals surface area (Å²) < 4.78 is 16.9. The molecule has 0 spiro atoms. The van der Waals surface area contributed by atoms with Gasteiger partial charge in [0, 0.05) is 48.0 Å². The predicted octanol–water partition coefficient (Wildman–Crippen LogP) is 5.27. The first-order valence-electron chi connectivity index (χ1n) is 12.7. The molecule has 2 aromatic carbocycles. The summed E-state index contributed by atoms with van der Waals surface area (Å²) in [6, 6.07) is 17.1. The fraction of sp³-hybridized carbons (Fsp3) is 0.310. The number of benzene rings is 2. The number of hydrogen-bond acceptors (Lipinski definition) is 8. The number of amides is 1. The van der Waals surface area contributed by atoms with Crippen LogP contribution in [0.3, 0.4) is 0 Å². The average Bonchev–Trinajstić information content (AvgIpc) is 3.41. The number of hydroxylamine groups is 1. The number of aryl methyl sites for hydroxylation is 1. The number of carbonyl (C=O) groups is 1. The van der Waals surface area contributed by atoms with Gasteiger partial charge < -0.3 is 24.1 Å². The van der Waals surface area contributed by atoms with E-state index in [2.05, 4.69) is 10.2 Å². The van der Waals surface area contributed by atoms with Crippen molar-refractivity contribution in [2.75, 3.05) is 44.1 Å². The highest BCUT2D eigenvalue weighted by Gasteiger charge is 2.21. The Balaban J connectivity index is 1.32. The van der Waals surface area contributed by atoms with Crippen LogP contribution >= 0.6 is 0 Å². The second-order valence-corrected chi connectivity index (χ2v) is 9.49. The number of rotatable bonds is 8. The Hall–Kier alpha value is -4.24. The zero-order valence-electron chi connectivity index (χ0n) is 21.8. The van der Waals surface area contributed by atoms with E-state index in [9.17, 15) is 4.79 Å². The van der Waals surface area contributed by atoms with Crippen LogP contribution < -0.4 is 25.2 Å². The zero-order chi connectivity index (χ0) is 26.6. The molecule has 38 heavy (non-hydrogen) atoms. The number of methoxy groups -OCH3 is 2. The Morgan fingerprint density at radius 3 is 2.39 bits per heavy atom. The first kappa shape index (κ1) is 25.4. The zero-order valence-corrected chi connectivity index (χ0v) is 21.8. The number of nitrogens with zero attached hydrogens (tertiary/aromatic N) is 2. The molecule has 1 aliphatic heterocycles. The van der Waals surface area contributed by atoms with Gasteiger partial charge in [0.25, 0.3) is 5.91 Å². The van der Waals surface area contributed by atoms with Gasteiger partial charge in [-0.05, 0) is 74.2 Å². The van der Waals surface area contributed by atoms with Crippen molar-refractivity contribution in [3.63, 3.8) is 0 Å². The maximum atomic E-state index is 11.6. The lowest BCUT2D eigenvalue weighted by Crippen LogP contribution is -2.35. The van der Waals surface area contributed by atoms with Crippen LogP contribution in [0.4, 0.5) is 11.4 Å². The van der Waals surface area contributed by atoms with Crippen LogP contribution in [0.15, 0.2) is 59.0 Å². The molecule has 0 bridgehead atoms. The summed E-state index contributed by atoms with van der Waals surface area (Å²) in [7, 11) is 3.25. The van der Waals surface area contributed by atoms with E-state index in [1.54, 1.807) is 31.8 Å². The van der Waals surface area contributed by atoms with Gasteiger partial charge in [-0.3, -0.25) is 10.0 Å². The van der Waals surface area contributed by atoms with E-state index in [-0.39, 0.29) is 0 Å². The third-order valence-corrected chi connectivity index (χ3v) is 7.10. The third-order valence-electron chi connectivity index (χ3n) is 7.10. The summed E-state index contributed by atoms with van der Waals surface area (Å²) in [4.78, 5) is 18.8. The minimum atomic E-state index is -0.508. The van der Waals surface area contributed by atoms with Crippen molar-refractivity contribution in [1.29, 1.82) is 0 Å². The summed E-state index contributed by atoms with van der Waals surface area (Å²) in [5.41, 5.74) is 5.70. The summed E-state index contributed by atoms with van der Waals surface area (Å²) in [6.45, 7) is 4.60. The van der Waals surface area contributed by atoms with Crippen molar-refractivity contribution < 1.29 is 23.9 Å². The largest absolute Gasteiger partial charge is 0.493 e. The highest BCUT2D eigenvalue weighted by molar-refractivity contribution is 5.96. The average molecular weight is 517 g/mol. The van der Waals surface area contributed by atoms with Crippen LogP contribution in [-0.2, 0) is 0 Å². The minimum Gasteiger partial charge on any atom is -0.493 e. The Kier molecular flexibility index (Phi) is 7.37. The molecule has 198 valence electrons. The molecule has 9 nitrogen and oxygen atoms in total. The van der Waals surface area contributed by atoms with Crippen molar-refractivity contribution in [1.82, 2.24) is 10.5 Å². The molecule has 0 aliphatic carbocycles. The summed E-state index contributed by atoms with van der Waals surface area (Å²) in [6.07, 6.45) is 2.08. The molecule has 3 N–H and O–H groups in total. The lowest BCUT2D eigenvalue weighted by atomic mass is 9.96. The SMILES string of the molecule is COc1cc2nc(-c3ccc(C)o3)cc(NCC3CCN(c4ccc(C(=O)NO)cc4)CC3)c2cc1OC. The number of nitrogens with one attached hydrogen (secondary N) is 2. The molecular formula is C29H32N4O5. The van der Waals surface area contributed by atoms with Crippen LogP contribution in [0.1, 0.15) is 29.0 Å². The second kappa shape index (κ2) is 11.0. The van der Waals surface area contributed by atoms with Gasteiger partial charge in [-0.25, -0.2) is 10.5 Å². The number of carbonyl (C=O) groups excluding carboxylic acids is 1. The van der Waals surface area contributed by atoms with E-state index in [4.69, 9.17) is 24.1 Å². The van der Waals surface area contributed by atoms with Gasteiger partial charge in [0.1, 0.15) is 11.5 Å². The molecule has 1 amide bonds. The maximum Gasteiger partial charge on any atom is 0.274 e. The molecular weight excluding hydrogens is 484 g/mol. The lowest BCUT2D eigenvalue weighted by molar-refractivity contribution is 0.0706. The van der Waals surface area contributed by atoms with Gasteiger partial charge in [0.05, 0.1) is 19.7 Å². The maximum absolute atomic E-state index is 11.6. The number of anilines is 2. The standard InChI is InChI=1S/C29H32N4O5/c1-18-4-9-26(38-18)25-15-23(22-14-27(36-2)28(37-3)16-24(22)31-25)30-17-19-10-12-33(13-11-19)21-7-5-20(6-8-21)29(34)32-35/h4-9,14-16,19,35H,10-13,17H2,1-3H3,(H,30,31)(H,32,34). The Labute approximate surface area is 221 Å². The molecule has 0 saturated carbocycles. The smallest absolute Gasteiger partial charge is 0.274 e. The number of ether oxygens (including phenoxy) is 2. The fourth-order valence-electron chi connectivity index (χ4n) is 4.94.